The van der Waals surface area contributed by atoms with E-state index in [-0.39, 0.29) is 17.3 Å². The molecule has 0 bridgehead atoms. The number of aromatic nitrogens is 1. The minimum Gasteiger partial charge on any atom is -0.495 e. The number of nitrogens with zero attached hydrogens (tertiary/aromatic N) is 2. The first-order chi connectivity index (χ1) is 13.1. The van der Waals surface area contributed by atoms with Crippen molar-refractivity contribution in [3.05, 3.63) is 52.8 Å². The van der Waals surface area contributed by atoms with Crippen LogP contribution < -0.4 is 10.1 Å². The second kappa shape index (κ2) is 8.86. The number of anilines is 1. The van der Waals surface area contributed by atoms with E-state index >= 15 is 0 Å². The summed E-state index contributed by atoms with van der Waals surface area (Å²) in [4.78, 5) is 31.3. The lowest BCUT2D eigenvalue weighted by molar-refractivity contribution is 0.0755. The second-order valence-electron chi connectivity index (χ2n) is 6.42. The predicted molar refractivity (Wildman–Crippen MR) is 105 cm³/mol. The van der Waals surface area contributed by atoms with Crippen LogP contribution >= 0.6 is 11.6 Å². The summed E-state index contributed by atoms with van der Waals surface area (Å²) in [6.45, 7) is 1.47. The number of nitrogens with one attached hydrogen (secondary N) is 1. The first kappa shape index (κ1) is 19.2. The first-order valence-electron chi connectivity index (χ1n) is 8.99. The molecule has 0 atom stereocenters. The minimum atomic E-state index is -0.401. The van der Waals surface area contributed by atoms with E-state index in [9.17, 15) is 9.59 Å². The van der Waals surface area contributed by atoms with E-state index in [1.807, 2.05) is 4.90 Å². The average Bonchev–Trinajstić information content (AvgIpc) is 2.97. The van der Waals surface area contributed by atoms with Crippen LogP contribution in [0.15, 0.2) is 36.4 Å². The second-order valence-corrected chi connectivity index (χ2v) is 6.83. The number of carbonyl (C=O) groups is 2. The number of likely N-dealkylation sites (tertiary alicyclic amines) is 1. The molecule has 1 fully saturated rings. The molecule has 1 saturated heterocycles. The van der Waals surface area contributed by atoms with E-state index in [1.165, 1.54) is 7.11 Å². The fraction of sp³-hybridized carbons (Fsp3) is 0.350. The lowest BCUT2D eigenvalue weighted by Gasteiger charge is -2.19. The summed E-state index contributed by atoms with van der Waals surface area (Å²) in [5, 5.41) is 3.14. The van der Waals surface area contributed by atoms with Gasteiger partial charge >= 0.3 is 0 Å². The van der Waals surface area contributed by atoms with Gasteiger partial charge in [0.15, 0.2) is 0 Å². The van der Waals surface area contributed by atoms with Crippen molar-refractivity contribution in [3.63, 3.8) is 0 Å². The highest BCUT2D eigenvalue weighted by atomic mass is 35.5. The molecule has 1 aliphatic rings. The van der Waals surface area contributed by atoms with Crippen LogP contribution in [0.2, 0.25) is 5.02 Å². The molecule has 0 aliphatic carbocycles. The highest BCUT2D eigenvalue weighted by molar-refractivity contribution is 6.32. The lowest BCUT2D eigenvalue weighted by Crippen LogP contribution is -2.32. The Bertz CT molecular complexity index is 833. The topological polar surface area (TPSA) is 71.5 Å². The predicted octanol–water partition coefficient (Wildman–Crippen LogP) is 4.01. The van der Waals surface area contributed by atoms with Gasteiger partial charge in [0.05, 0.1) is 12.1 Å². The van der Waals surface area contributed by atoms with E-state index < -0.39 is 5.91 Å². The smallest absolute Gasteiger partial charge is 0.274 e. The third-order valence-electron chi connectivity index (χ3n) is 4.50. The summed E-state index contributed by atoms with van der Waals surface area (Å²) in [6.07, 6.45) is 4.29. The summed E-state index contributed by atoms with van der Waals surface area (Å²) >= 11 is 6.08. The van der Waals surface area contributed by atoms with Crippen molar-refractivity contribution in [1.29, 1.82) is 0 Å². The Balaban J connectivity index is 1.73. The van der Waals surface area contributed by atoms with E-state index in [2.05, 4.69) is 10.3 Å². The summed E-state index contributed by atoms with van der Waals surface area (Å²) in [5.74, 6) is -0.00127. The van der Waals surface area contributed by atoms with Crippen molar-refractivity contribution in [3.8, 4) is 5.75 Å². The van der Waals surface area contributed by atoms with Gasteiger partial charge in [0.1, 0.15) is 17.1 Å². The number of pyridine rings is 1. The zero-order chi connectivity index (χ0) is 19.2. The van der Waals surface area contributed by atoms with Gasteiger partial charge in [0.2, 0.25) is 0 Å². The zero-order valence-corrected chi connectivity index (χ0v) is 16.0. The number of hydrogen-bond acceptors (Lipinski definition) is 4. The molecule has 1 aromatic carbocycles. The van der Waals surface area contributed by atoms with Crippen molar-refractivity contribution in [2.45, 2.75) is 25.7 Å². The van der Waals surface area contributed by atoms with E-state index in [1.54, 1.807) is 36.4 Å². The van der Waals surface area contributed by atoms with Gasteiger partial charge in [0, 0.05) is 18.8 Å². The van der Waals surface area contributed by atoms with Gasteiger partial charge in [-0.25, -0.2) is 4.98 Å². The van der Waals surface area contributed by atoms with Crippen molar-refractivity contribution < 1.29 is 14.3 Å². The number of halogens is 1. The van der Waals surface area contributed by atoms with Gasteiger partial charge in [-0.05, 0) is 43.2 Å². The van der Waals surface area contributed by atoms with Crippen LogP contribution in [-0.2, 0) is 0 Å². The van der Waals surface area contributed by atoms with E-state index in [0.717, 1.165) is 38.8 Å². The molecular weight excluding hydrogens is 366 g/mol. The van der Waals surface area contributed by atoms with Crippen LogP contribution in [0.4, 0.5) is 5.69 Å². The molecule has 27 heavy (non-hydrogen) atoms. The van der Waals surface area contributed by atoms with Crippen molar-refractivity contribution in [1.82, 2.24) is 9.88 Å². The molecule has 0 spiro atoms. The molecule has 142 valence electrons. The van der Waals surface area contributed by atoms with Gasteiger partial charge in [-0.15, -0.1) is 0 Å². The minimum absolute atomic E-state index is 0.126. The standard InChI is InChI=1S/C20H22ClN3O3/c1-27-18-10-9-14(13-15(18)21)22-19(25)16-7-6-8-17(23-16)20(26)24-11-4-2-3-5-12-24/h6-10,13H,2-5,11-12H2,1H3,(H,22,25). The van der Waals surface area contributed by atoms with Gasteiger partial charge in [-0.1, -0.05) is 30.5 Å². The molecule has 7 heteroatoms. The number of hydrogen-bond donors (Lipinski definition) is 1. The van der Waals surface area contributed by atoms with Crippen LogP contribution in [0.25, 0.3) is 0 Å². The molecule has 2 aromatic rings. The largest absolute Gasteiger partial charge is 0.495 e. The van der Waals surface area contributed by atoms with Crippen molar-refractivity contribution in [2.24, 2.45) is 0 Å². The molecule has 6 nitrogen and oxygen atoms in total. The Morgan fingerprint density at radius 3 is 2.44 bits per heavy atom. The van der Waals surface area contributed by atoms with Crippen LogP contribution in [-0.4, -0.2) is 41.9 Å². The van der Waals surface area contributed by atoms with E-state index in [4.69, 9.17) is 16.3 Å². The normalized spacial score (nSPS) is 14.4. The fourth-order valence-corrected chi connectivity index (χ4v) is 3.31. The molecule has 0 saturated carbocycles. The fourth-order valence-electron chi connectivity index (χ4n) is 3.06. The number of methoxy groups -OCH3 is 1. The highest BCUT2D eigenvalue weighted by Gasteiger charge is 2.20. The molecule has 0 unspecified atom stereocenters. The van der Waals surface area contributed by atoms with Gasteiger partial charge < -0.3 is 15.0 Å². The molecule has 1 aromatic heterocycles. The molecular formula is C20H22ClN3O3. The van der Waals surface area contributed by atoms with Crippen molar-refractivity contribution >= 4 is 29.1 Å². The average molecular weight is 388 g/mol. The van der Waals surface area contributed by atoms with Crippen LogP contribution in [0.5, 0.6) is 5.75 Å². The monoisotopic (exact) mass is 387 g/mol. The number of ether oxygens (including phenoxy) is 1. The maximum absolute atomic E-state index is 12.7. The van der Waals surface area contributed by atoms with Crippen LogP contribution in [0, 0.1) is 0 Å². The summed E-state index contributed by atoms with van der Waals surface area (Å²) in [6, 6.07) is 9.87. The van der Waals surface area contributed by atoms with Gasteiger partial charge in [0.25, 0.3) is 11.8 Å². The highest BCUT2D eigenvalue weighted by Crippen LogP contribution is 2.27. The molecule has 3 rings (SSSR count). The Kier molecular flexibility index (Phi) is 6.29. The molecule has 2 heterocycles. The molecule has 0 radical (unpaired) electrons. The van der Waals surface area contributed by atoms with Crippen molar-refractivity contribution in [2.75, 3.05) is 25.5 Å². The summed E-state index contributed by atoms with van der Waals surface area (Å²) in [7, 11) is 1.52. The third-order valence-corrected chi connectivity index (χ3v) is 4.80. The maximum Gasteiger partial charge on any atom is 0.274 e. The molecule has 1 aliphatic heterocycles. The Morgan fingerprint density at radius 1 is 1.07 bits per heavy atom. The number of carbonyl (C=O) groups excluding carboxylic acids is 2. The lowest BCUT2D eigenvalue weighted by atomic mass is 10.2. The summed E-state index contributed by atoms with van der Waals surface area (Å²) in [5.41, 5.74) is 0.997. The third kappa shape index (κ3) is 4.77. The molecule has 2 amide bonds. The van der Waals surface area contributed by atoms with E-state index in [0.29, 0.717) is 16.5 Å². The molecule has 1 N–H and O–H groups in total. The Labute approximate surface area is 163 Å². The Hall–Kier alpha value is -2.60. The Morgan fingerprint density at radius 2 is 1.78 bits per heavy atom. The van der Waals surface area contributed by atoms with Crippen LogP contribution in [0.3, 0.4) is 0 Å². The number of rotatable bonds is 4. The van der Waals surface area contributed by atoms with Gasteiger partial charge in [-0.2, -0.15) is 0 Å². The number of benzene rings is 1. The van der Waals surface area contributed by atoms with Crippen LogP contribution in [0.1, 0.15) is 46.7 Å². The first-order valence-corrected chi connectivity index (χ1v) is 9.37. The summed E-state index contributed by atoms with van der Waals surface area (Å²) < 4.78 is 5.10. The number of amides is 2. The quantitative estimate of drug-likeness (QED) is 0.860. The maximum atomic E-state index is 12.7. The SMILES string of the molecule is COc1ccc(NC(=O)c2cccc(C(=O)N3CCCCCC3)n2)cc1Cl. The zero-order valence-electron chi connectivity index (χ0n) is 15.2. The van der Waals surface area contributed by atoms with Gasteiger partial charge in [-0.3, -0.25) is 9.59 Å².